The van der Waals surface area contributed by atoms with Crippen LogP contribution in [0.3, 0.4) is 0 Å². The number of rotatable bonds is 14. The predicted molar refractivity (Wildman–Crippen MR) is 222 cm³/mol. The highest BCUT2D eigenvalue weighted by Crippen LogP contribution is 2.33. The lowest BCUT2D eigenvalue weighted by Crippen LogP contribution is -2.93. The van der Waals surface area contributed by atoms with Crippen LogP contribution in [-0.2, 0) is 33.6 Å². The fourth-order valence-corrected chi connectivity index (χ4v) is 9.52. The molecule has 0 saturated carbocycles. The molecule has 0 amide bonds. The number of hydrogen-bond donors (Lipinski definition) is 1. The van der Waals surface area contributed by atoms with Crippen LogP contribution < -0.4 is 15.0 Å². The van der Waals surface area contributed by atoms with Crippen LogP contribution in [-0.4, -0.2) is 38.8 Å². The Labute approximate surface area is 310 Å². The molecule has 8 heteroatoms. The van der Waals surface area contributed by atoms with Gasteiger partial charge >= 0.3 is 0 Å². The largest absolute Gasteiger partial charge is 0.344 e. The smallest absolute Gasteiger partial charge is 0.281 e. The monoisotopic (exact) mass is 714 g/mol. The Kier molecular flexibility index (Phi) is 10.9. The van der Waals surface area contributed by atoms with Crippen LogP contribution >= 0.6 is 21.6 Å². The van der Waals surface area contributed by atoms with Gasteiger partial charge in [-0.3, -0.25) is 0 Å². The number of imidazole rings is 1. The third kappa shape index (κ3) is 7.23. The minimum absolute atomic E-state index is 0.886. The van der Waals surface area contributed by atoms with Crippen LogP contribution in [0.25, 0.3) is 46.2 Å². The molecule has 1 aliphatic carbocycles. The van der Waals surface area contributed by atoms with Crippen molar-refractivity contribution in [2.24, 2.45) is 14.1 Å². The van der Waals surface area contributed by atoms with E-state index in [2.05, 4.69) is 179 Å². The standard InChI is InChI=1S/C43H49N6S2/c1-32-35(20-15-27-44-47(5)34-16-7-6-8-17-34)37-18-9-11-21-39(37)48(32)28-30-50-51-31-29-49-33(2)36(38-19-10-12-22-40(38)49)25-26-43-45(3)41-23-13-14-24-42(41)46(43)4/h6-9,11-18,20-26,44H,10,19,27-31H2,1-5H3/q+1/p+1/b20-15+. The lowest BCUT2D eigenvalue weighted by molar-refractivity contribution is -0.655. The molecule has 0 saturated heterocycles. The number of hydrogen-bond acceptors (Lipinski definition) is 3. The summed E-state index contributed by atoms with van der Waals surface area (Å²) >= 11 is 0. The zero-order chi connectivity index (χ0) is 35.3. The fourth-order valence-electron chi connectivity index (χ4n) is 7.62. The molecule has 0 unspecified atom stereocenters. The summed E-state index contributed by atoms with van der Waals surface area (Å²) in [4.78, 5) is 0. The van der Waals surface area contributed by atoms with Gasteiger partial charge in [0.2, 0.25) is 0 Å². The van der Waals surface area contributed by atoms with Crippen LogP contribution in [0, 0.1) is 13.8 Å². The summed E-state index contributed by atoms with van der Waals surface area (Å²) < 4.78 is 9.64. The Bertz CT molecular complexity index is 2190. The molecule has 3 heterocycles. The molecule has 6 aromatic rings. The van der Waals surface area contributed by atoms with E-state index in [1.54, 1.807) is 0 Å². The van der Waals surface area contributed by atoms with E-state index >= 15 is 0 Å². The summed E-state index contributed by atoms with van der Waals surface area (Å²) in [5.74, 6) is 3.35. The lowest BCUT2D eigenvalue weighted by Gasteiger charge is -2.15. The van der Waals surface area contributed by atoms with Crippen LogP contribution in [0.15, 0.2) is 91.0 Å². The zero-order valence-electron chi connectivity index (χ0n) is 30.5. The quantitative estimate of drug-likeness (QED) is 0.0407. The average Bonchev–Trinajstić information content (AvgIpc) is 3.69. The highest BCUT2D eigenvalue weighted by atomic mass is 33.1. The Morgan fingerprint density at radius 3 is 2.27 bits per heavy atom. The van der Waals surface area contributed by atoms with Gasteiger partial charge in [0.1, 0.15) is 6.54 Å². The van der Waals surface area contributed by atoms with Crippen molar-refractivity contribution < 1.29 is 9.99 Å². The van der Waals surface area contributed by atoms with Crippen LogP contribution in [0.5, 0.6) is 0 Å². The number of para-hydroxylation sites is 4. The third-order valence-electron chi connectivity index (χ3n) is 10.4. The molecule has 3 aromatic carbocycles. The summed E-state index contributed by atoms with van der Waals surface area (Å²) in [5, 5.41) is 3.53. The first kappa shape index (κ1) is 35.1. The Morgan fingerprint density at radius 2 is 1.49 bits per heavy atom. The highest BCUT2D eigenvalue weighted by molar-refractivity contribution is 8.76. The zero-order valence-corrected chi connectivity index (χ0v) is 32.2. The maximum atomic E-state index is 2.55. The molecule has 3 aromatic heterocycles. The van der Waals surface area contributed by atoms with Gasteiger partial charge in [0.15, 0.2) is 11.0 Å². The van der Waals surface area contributed by atoms with Crippen molar-refractivity contribution in [3.8, 4) is 0 Å². The van der Waals surface area contributed by atoms with E-state index in [0.717, 1.165) is 44.0 Å². The van der Waals surface area contributed by atoms with Gasteiger partial charge in [-0.2, -0.15) is 0 Å². The molecule has 0 spiro atoms. The van der Waals surface area contributed by atoms with Crippen LogP contribution in [0.4, 0.5) is 5.69 Å². The number of aryl methyl sites for hydroxylation is 3. The van der Waals surface area contributed by atoms with E-state index < -0.39 is 0 Å². The molecule has 0 fully saturated rings. The van der Waals surface area contributed by atoms with E-state index in [4.69, 9.17) is 0 Å². The van der Waals surface area contributed by atoms with Gasteiger partial charge in [0, 0.05) is 64.2 Å². The normalized spacial score (nSPS) is 13.0. The van der Waals surface area contributed by atoms with Gasteiger partial charge in [-0.05, 0) is 86.4 Å². The topological polar surface area (TPSA) is 38.5 Å². The lowest BCUT2D eigenvalue weighted by atomic mass is 9.99. The first-order valence-corrected chi connectivity index (χ1v) is 20.5. The van der Waals surface area contributed by atoms with E-state index in [1.165, 1.54) is 67.2 Å². The molecular weight excluding hydrogens is 665 g/mol. The molecule has 0 atom stereocenters. The third-order valence-corrected chi connectivity index (χ3v) is 12.7. The number of benzene rings is 3. The number of nitrogens with zero attached hydrogens (tertiary/aromatic N) is 5. The van der Waals surface area contributed by atoms with Crippen molar-refractivity contribution in [3.05, 3.63) is 131 Å². The first-order chi connectivity index (χ1) is 24.9. The van der Waals surface area contributed by atoms with Gasteiger partial charge in [0.05, 0.1) is 26.8 Å². The molecule has 0 bridgehead atoms. The maximum Gasteiger partial charge on any atom is 0.281 e. The molecule has 0 radical (unpaired) electrons. The van der Waals surface area contributed by atoms with Crippen molar-refractivity contribution in [1.29, 1.82) is 0 Å². The van der Waals surface area contributed by atoms with Crippen molar-refractivity contribution in [3.63, 3.8) is 0 Å². The van der Waals surface area contributed by atoms with Gasteiger partial charge in [0.25, 0.3) is 5.82 Å². The van der Waals surface area contributed by atoms with Crippen molar-refractivity contribution in [1.82, 2.24) is 13.7 Å². The summed E-state index contributed by atoms with van der Waals surface area (Å²) in [5.41, 5.74) is 15.6. The SMILES string of the molecule is Cc1c(/C=C/c2n(C)c3ccccc3[n+]2C)c2c(n1CCSSCCn1c(C)c(/C=C/C[NH2+]N(C)c3ccccc3)c3ccccc31)C=CCC2. The van der Waals surface area contributed by atoms with Crippen molar-refractivity contribution in [2.45, 2.75) is 39.8 Å². The van der Waals surface area contributed by atoms with Gasteiger partial charge < -0.3 is 9.13 Å². The maximum absolute atomic E-state index is 2.55. The molecule has 7 rings (SSSR count). The highest BCUT2D eigenvalue weighted by Gasteiger charge is 2.21. The van der Waals surface area contributed by atoms with Gasteiger partial charge in [-0.1, -0.05) is 82.3 Å². The summed E-state index contributed by atoms with van der Waals surface area (Å²) in [6, 6.07) is 28.0. The van der Waals surface area contributed by atoms with Crippen molar-refractivity contribution >= 4 is 73.5 Å². The second-order valence-electron chi connectivity index (χ2n) is 13.3. The van der Waals surface area contributed by atoms with Crippen molar-refractivity contribution in [2.75, 3.05) is 30.1 Å². The number of fused-ring (bicyclic) bond motifs is 3. The fraction of sp³-hybridized carbons (Fsp3) is 0.279. The summed E-state index contributed by atoms with van der Waals surface area (Å²) in [6.07, 6.45) is 16.2. The molecule has 6 nitrogen and oxygen atoms in total. The number of allylic oxidation sites excluding steroid dienone is 1. The van der Waals surface area contributed by atoms with Crippen LogP contribution in [0.1, 0.15) is 46.0 Å². The number of quaternary nitrogens is 1. The molecule has 262 valence electrons. The number of anilines is 1. The Morgan fingerprint density at radius 1 is 0.804 bits per heavy atom. The Hall–Kier alpha value is -4.37. The minimum atomic E-state index is 0.886. The molecule has 51 heavy (non-hydrogen) atoms. The van der Waals surface area contributed by atoms with E-state index in [0.29, 0.717) is 0 Å². The van der Waals surface area contributed by atoms with Gasteiger partial charge in [-0.25, -0.2) is 19.6 Å². The summed E-state index contributed by atoms with van der Waals surface area (Å²) in [6.45, 7) is 7.48. The van der Waals surface area contributed by atoms with E-state index in [-0.39, 0.29) is 0 Å². The van der Waals surface area contributed by atoms with Gasteiger partial charge in [-0.15, -0.1) is 0 Å². The second kappa shape index (κ2) is 15.9. The number of nitrogens with two attached hydrogens (primary N) is 1. The predicted octanol–water partition coefficient (Wildman–Crippen LogP) is 8.22. The summed E-state index contributed by atoms with van der Waals surface area (Å²) in [7, 11) is 10.4. The number of aromatic nitrogens is 4. The molecule has 0 aliphatic heterocycles. The van der Waals surface area contributed by atoms with E-state index in [1.807, 2.05) is 21.6 Å². The first-order valence-electron chi connectivity index (χ1n) is 18.0. The molecular formula is C43H50N6S2+2. The minimum Gasteiger partial charge on any atom is -0.344 e. The molecule has 1 aliphatic rings. The average molecular weight is 715 g/mol. The Balaban J connectivity index is 0.971. The second-order valence-corrected chi connectivity index (χ2v) is 16.0. The van der Waals surface area contributed by atoms with E-state index in [9.17, 15) is 0 Å². The van der Waals surface area contributed by atoms with Crippen LogP contribution in [0.2, 0.25) is 0 Å². The molecule has 2 N–H and O–H groups in total.